The maximum absolute atomic E-state index is 2.82. The zero-order valence-electron chi connectivity index (χ0n) is 51.6. The SMILES string of the molecule is CC(C)Cc1cc2c3c(c1)N(c1ccc4c(c1)CC(C(C)C)C(C(C)C)C4)c1cc4c(cc1B3c1cc3c(cc1N2c1ccc2c(c1)CC(C(C)C)C(C(C)C)C2)CC(C(C)C)C(C(C)C)C3)CC(C(C)C)C(C(C)C)C4. The van der Waals surface area contributed by atoms with Crippen molar-refractivity contribution in [2.45, 2.75) is 182 Å². The summed E-state index contributed by atoms with van der Waals surface area (Å²) in [6.45, 7) is 44.8. The van der Waals surface area contributed by atoms with E-state index in [2.05, 4.69) is 207 Å². The highest BCUT2D eigenvalue weighted by atomic mass is 15.2. The second-order valence-electron chi connectivity index (χ2n) is 29.9. The molecule has 0 saturated carbocycles. The summed E-state index contributed by atoms with van der Waals surface area (Å²) in [5, 5.41) is 0. The summed E-state index contributed by atoms with van der Waals surface area (Å²) >= 11 is 0. The predicted molar refractivity (Wildman–Crippen MR) is 335 cm³/mol. The molecule has 4 aliphatic carbocycles. The van der Waals surface area contributed by atoms with Gasteiger partial charge in [0.15, 0.2) is 0 Å². The van der Waals surface area contributed by atoms with Gasteiger partial charge in [-0.1, -0.05) is 149 Å². The predicted octanol–water partition coefficient (Wildman–Crippen LogP) is 17.5. The number of hydrogen-bond donors (Lipinski definition) is 0. The van der Waals surface area contributed by atoms with Gasteiger partial charge in [0, 0.05) is 34.1 Å². The Morgan fingerprint density at radius 2 is 0.597 bits per heavy atom. The Balaban J connectivity index is 1.20. The monoisotopic (exact) mass is 1030 g/mol. The van der Waals surface area contributed by atoms with Gasteiger partial charge in [-0.3, -0.25) is 0 Å². The first kappa shape index (κ1) is 54.7. The first-order valence-corrected chi connectivity index (χ1v) is 31.9. The molecular weight excluding hydrogens is 928 g/mol. The van der Waals surface area contributed by atoms with E-state index in [0.29, 0.717) is 88.8 Å². The smallest absolute Gasteiger partial charge is 0.252 e. The van der Waals surface area contributed by atoms with Crippen LogP contribution >= 0.6 is 0 Å². The Kier molecular flexibility index (Phi) is 14.9. The molecule has 6 aliphatic rings. The average molecular weight is 1030 g/mol. The van der Waals surface area contributed by atoms with Crippen LogP contribution in [0.15, 0.2) is 72.8 Å². The highest BCUT2D eigenvalue weighted by Crippen LogP contribution is 2.51. The van der Waals surface area contributed by atoms with E-state index < -0.39 is 0 Å². The number of benzene rings is 5. The summed E-state index contributed by atoms with van der Waals surface area (Å²) in [4.78, 5) is 5.64. The topological polar surface area (TPSA) is 6.48 Å². The molecule has 11 rings (SSSR count). The summed E-state index contributed by atoms with van der Waals surface area (Å²) in [6.07, 6.45) is 10.5. The van der Waals surface area contributed by atoms with Crippen LogP contribution in [0.3, 0.4) is 0 Å². The molecule has 0 N–H and O–H groups in total. The van der Waals surface area contributed by atoms with Crippen LogP contribution in [-0.2, 0) is 57.8 Å². The van der Waals surface area contributed by atoms with Crippen molar-refractivity contribution in [3.63, 3.8) is 0 Å². The van der Waals surface area contributed by atoms with Gasteiger partial charge >= 0.3 is 0 Å². The third kappa shape index (κ3) is 9.70. The Labute approximate surface area is 470 Å². The summed E-state index contributed by atoms with van der Waals surface area (Å²) in [5.41, 5.74) is 27.2. The van der Waals surface area contributed by atoms with Crippen molar-refractivity contribution < 1.29 is 0 Å². The van der Waals surface area contributed by atoms with Crippen LogP contribution in [0.25, 0.3) is 0 Å². The molecule has 0 fully saturated rings. The van der Waals surface area contributed by atoms with Crippen LogP contribution in [0.5, 0.6) is 0 Å². The zero-order chi connectivity index (χ0) is 54.8. The molecule has 8 unspecified atom stereocenters. The Hall–Kier alpha value is -4.24. The van der Waals surface area contributed by atoms with E-state index in [-0.39, 0.29) is 6.71 Å². The summed E-state index contributed by atoms with van der Waals surface area (Å²) in [7, 11) is 0. The molecule has 0 amide bonds. The van der Waals surface area contributed by atoms with Crippen molar-refractivity contribution in [3.8, 4) is 0 Å². The molecule has 77 heavy (non-hydrogen) atoms. The van der Waals surface area contributed by atoms with Gasteiger partial charge in [0.1, 0.15) is 0 Å². The largest absolute Gasteiger partial charge is 0.311 e. The van der Waals surface area contributed by atoms with Crippen molar-refractivity contribution >= 4 is 57.2 Å². The lowest BCUT2D eigenvalue weighted by atomic mass is 9.33. The number of nitrogens with zero attached hydrogens (tertiary/aromatic N) is 2. The van der Waals surface area contributed by atoms with Gasteiger partial charge in [-0.05, 0) is 273 Å². The normalized spacial score (nSPS) is 24.6. The molecule has 2 heterocycles. The minimum Gasteiger partial charge on any atom is -0.311 e. The van der Waals surface area contributed by atoms with Crippen LogP contribution in [0.4, 0.5) is 34.1 Å². The lowest BCUT2D eigenvalue weighted by Gasteiger charge is -2.47. The molecule has 3 heteroatoms. The van der Waals surface area contributed by atoms with Crippen molar-refractivity contribution in [1.29, 1.82) is 0 Å². The molecule has 8 atom stereocenters. The van der Waals surface area contributed by atoms with Crippen molar-refractivity contribution in [2.75, 3.05) is 9.80 Å². The maximum Gasteiger partial charge on any atom is 0.252 e. The Morgan fingerprint density at radius 1 is 0.325 bits per heavy atom. The second-order valence-corrected chi connectivity index (χ2v) is 29.9. The quantitative estimate of drug-likeness (QED) is 0.113. The molecule has 0 spiro atoms. The number of anilines is 6. The van der Waals surface area contributed by atoms with Gasteiger partial charge in [-0.25, -0.2) is 0 Å². The van der Waals surface area contributed by atoms with Crippen LogP contribution in [-0.4, -0.2) is 6.71 Å². The molecule has 5 aromatic rings. The number of fused-ring (bicyclic) bond motifs is 8. The van der Waals surface area contributed by atoms with Crippen LogP contribution in [0, 0.1) is 101 Å². The second kappa shape index (κ2) is 21.0. The first-order chi connectivity index (χ1) is 36.6. The zero-order valence-corrected chi connectivity index (χ0v) is 51.6. The van der Waals surface area contributed by atoms with Crippen LogP contribution in [0.2, 0.25) is 0 Å². The van der Waals surface area contributed by atoms with E-state index >= 15 is 0 Å². The third-order valence-corrected chi connectivity index (χ3v) is 22.0. The van der Waals surface area contributed by atoms with Crippen molar-refractivity contribution in [2.24, 2.45) is 101 Å². The van der Waals surface area contributed by atoms with E-state index in [1.54, 1.807) is 44.5 Å². The van der Waals surface area contributed by atoms with Crippen LogP contribution in [0.1, 0.15) is 175 Å². The van der Waals surface area contributed by atoms with Crippen molar-refractivity contribution in [1.82, 2.24) is 0 Å². The van der Waals surface area contributed by atoms with Crippen LogP contribution < -0.4 is 26.2 Å². The van der Waals surface area contributed by atoms with Gasteiger partial charge in [-0.2, -0.15) is 0 Å². The highest BCUT2D eigenvalue weighted by Gasteiger charge is 2.47. The highest BCUT2D eigenvalue weighted by molar-refractivity contribution is 7.00. The van der Waals surface area contributed by atoms with E-state index in [1.807, 2.05) is 0 Å². The standard InChI is InChI=1S/C74H101BN2/c1-40(2)23-49-24-72-74-73(25-49)77(59-22-20-51-29-61(42(5)6)63(44(9)10)31-53(51)27-59)71-39-57-35-67(48(17)18)65(46(13)14)33-55(57)37-69(71)75(74)68-36-54-32-64(45(11)12)66(47(15)16)34-56(54)38-70(68)76(72)58-21-19-50-28-60(41(3)4)62(43(7)8)30-52(50)26-58/h19-22,24-27,36-48,60-67H,23,28-35H2,1-18H3. The molecule has 0 aromatic heterocycles. The van der Waals surface area contributed by atoms with Gasteiger partial charge < -0.3 is 9.80 Å². The van der Waals surface area contributed by atoms with Gasteiger partial charge in [0.25, 0.3) is 6.71 Å². The lowest BCUT2D eigenvalue weighted by Crippen LogP contribution is -2.62. The fraction of sp³-hybridized carbons (Fsp3) is 0.595. The Bertz CT molecular complexity index is 2810. The summed E-state index contributed by atoms with van der Waals surface area (Å²) in [5.74, 6) is 11.4. The number of rotatable bonds is 12. The summed E-state index contributed by atoms with van der Waals surface area (Å²) in [6, 6.07) is 32.0. The van der Waals surface area contributed by atoms with Gasteiger partial charge in [0.05, 0.1) is 0 Å². The summed E-state index contributed by atoms with van der Waals surface area (Å²) < 4.78 is 0. The number of hydrogen-bond acceptors (Lipinski definition) is 2. The molecule has 0 radical (unpaired) electrons. The average Bonchev–Trinajstić information content (AvgIpc) is 3.44. The van der Waals surface area contributed by atoms with E-state index in [4.69, 9.17) is 0 Å². The molecule has 2 nitrogen and oxygen atoms in total. The van der Waals surface area contributed by atoms with Gasteiger partial charge in [-0.15, -0.1) is 0 Å². The Morgan fingerprint density at radius 3 is 0.883 bits per heavy atom. The molecular formula is C74H101BN2. The fourth-order valence-electron chi connectivity index (χ4n) is 17.6. The van der Waals surface area contributed by atoms with Gasteiger partial charge in [0.2, 0.25) is 0 Å². The van der Waals surface area contributed by atoms with E-state index in [9.17, 15) is 0 Å². The minimum atomic E-state index is 0.131. The third-order valence-electron chi connectivity index (χ3n) is 22.0. The first-order valence-electron chi connectivity index (χ1n) is 31.9. The lowest BCUT2D eigenvalue weighted by molar-refractivity contribution is 0.181. The molecule has 0 bridgehead atoms. The molecule has 5 aromatic carbocycles. The fourth-order valence-corrected chi connectivity index (χ4v) is 17.6. The van der Waals surface area contributed by atoms with E-state index in [1.165, 1.54) is 107 Å². The molecule has 410 valence electrons. The van der Waals surface area contributed by atoms with E-state index in [0.717, 1.165) is 18.3 Å². The maximum atomic E-state index is 2.82. The molecule has 2 aliphatic heterocycles. The minimum absolute atomic E-state index is 0.131. The molecule has 0 saturated heterocycles. The van der Waals surface area contributed by atoms with Crippen molar-refractivity contribution in [3.05, 3.63) is 123 Å².